The smallest absolute Gasteiger partial charge is 0.0701 e. The molecule has 13 heavy (non-hydrogen) atoms. The summed E-state index contributed by atoms with van der Waals surface area (Å²) < 4.78 is 0. The number of pyridine rings is 1. The van der Waals surface area contributed by atoms with E-state index < -0.39 is 0 Å². The molecule has 2 heteroatoms. The van der Waals surface area contributed by atoms with E-state index in [1.807, 2.05) is 24.4 Å². The summed E-state index contributed by atoms with van der Waals surface area (Å²) in [6, 6.07) is 14.2. The molecule has 2 aromatic rings. The van der Waals surface area contributed by atoms with Crippen LogP contribution in [0.15, 0.2) is 48.7 Å². The zero-order valence-electron chi connectivity index (χ0n) is 7.14. The van der Waals surface area contributed by atoms with Crippen LogP contribution in [-0.4, -0.2) is 4.98 Å². The predicted molar refractivity (Wildman–Crippen MR) is 59.0 cm³/mol. The van der Waals surface area contributed by atoms with Crippen LogP contribution in [0.25, 0.3) is 11.3 Å². The molecule has 0 bridgehead atoms. The minimum atomic E-state index is 1.02. The van der Waals surface area contributed by atoms with Crippen molar-refractivity contribution in [3.8, 4) is 11.3 Å². The number of nitrogens with zero attached hydrogens (tertiary/aromatic N) is 1. The topological polar surface area (TPSA) is 12.9 Å². The van der Waals surface area contributed by atoms with E-state index >= 15 is 0 Å². The Morgan fingerprint density at radius 3 is 2.31 bits per heavy atom. The van der Waals surface area contributed by atoms with Crippen LogP contribution in [0.2, 0.25) is 0 Å². The maximum Gasteiger partial charge on any atom is 0.0701 e. The summed E-state index contributed by atoms with van der Waals surface area (Å²) in [4.78, 5) is 4.27. The van der Waals surface area contributed by atoms with Crippen molar-refractivity contribution in [2.75, 3.05) is 0 Å². The van der Waals surface area contributed by atoms with Gasteiger partial charge < -0.3 is 0 Å². The van der Waals surface area contributed by atoms with Crippen molar-refractivity contribution in [1.82, 2.24) is 4.98 Å². The highest BCUT2D eigenvalue weighted by atomic mass is 31.0. The van der Waals surface area contributed by atoms with Crippen molar-refractivity contribution in [2.24, 2.45) is 0 Å². The fourth-order valence-electron chi connectivity index (χ4n) is 1.19. The Morgan fingerprint density at radius 1 is 0.923 bits per heavy atom. The Bertz CT molecular complexity index is 381. The van der Waals surface area contributed by atoms with Crippen LogP contribution >= 0.6 is 9.24 Å². The lowest BCUT2D eigenvalue weighted by Gasteiger charge is -1.99. The van der Waals surface area contributed by atoms with Crippen LogP contribution in [0.3, 0.4) is 0 Å². The average Bonchev–Trinajstić information content (AvgIpc) is 2.20. The Morgan fingerprint density at radius 2 is 1.69 bits per heavy atom. The zero-order chi connectivity index (χ0) is 9.10. The van der Waals surface area contributed by atoms with Crippen LogP contribution in [0.5, 0.6) is 0 Å². The molecular weight excluding hydrogens is 177 g/mol. The minimum absolute atomic E-state index is 1.02. The van der Waals surface area contributed by atoms with Gasteiger partial charge in [0.15, 0.2) is 0 Å². The van der Waals surface area contributed by atoms with Gasteiger partial charge in [-0.05, 0) is 17.4 Å². The second kappa shape index (κ2) is 3.68. The van der Waals surface area contributed by atoms with E-state index in [1.165, 1.54) is 5.30 Å². The van der Waals surface area contributed by atoms with Crippen molar-refractivity contribution in [2.45, 2.75) is 0 Å². The lowest BCUT2D eigenvalue weighted by atomic mass is 10.1. The molecule has 0 fully saturated rings. The van der Waals surface area contributed by atoms with Crippen molar-refractivity contribution in [1.29, 1.82) is 0 Å². The van der Waals surface area contributed by atoms with Gasteiger partial charge in [0.1, 0.15) is 0 Å². The van der Waals surface area contributed by atoms with Crippen LogP contribution in [-0.2, 0) is 0 Å². The molecule has 1 heterocycles. The zero-order valence-corrected chi connectivity index (χ0v) is 8.30. The summed E-state index contributed by atoms with van der Waals surface area (Å²) in [7, 11) is 2.67. The summed E-state index contributed by atoms with van der Waals surface area (Å²) in [6.07, 6.45) is 1.81. The largest absolute Gasteiger partial charge is 0.256 e. The van der Waals surface area contributed by atoms with Gasteiger partial charge in [0, 0.05) is 11.8 Å². The maximum atomic E-state index is 4.27. The van der Waals surface area contributed by atoms with Crippen molar-refractivity contribution >= 4 is 14.5 Å². The fraction of sp³-hybridized carbons (Fsp3) is 0. The van der Waals surface area contributed by atoms with Crippen LogP contribution in [0, 0.1) is 0 Å². The number of rotatable bonds is 1. The van der Waals surface area contributed by atoms with Gasteiger partial charge in [0.2, 0.25) is 0 Å². The molecule has 0 spiro atoms. The van der Waals surface area contributed by atoms with E-state index in [2.05, 4.69) is 38.5 Å². The molecule has 1 atom stereocenters. The monoisotopic (exact) mass is 187 g/mol. The number of aromatic nitrogens is 1. The number of benzene rings is 1. The lowest BCUT2D eigenvalue weighted by molar-refractivity contribution is 1.33. The van der Waals surface area contributed by atoms with Gasteiger partial charge in [0.25, 0.3) is 0 Å². The molecule has 1 nitrogen and oxygen atoms in total. The first-order chi connectivity index (χ1) is 6.36. The quantitative estimate of drug-likeness (QED) is 0.624. The summed E-state index contributed by atoms with van der Waals surface area (Å²) in [6.45, 7) is 0. The third-order valence-corrected chi connectivity index (χ3v) is 2.26. The highest BCUT2D eigenvalue weighted by Crippen LogP contribution is 2.14. The average molecular weight is 187 g/mol. The highest BCUT2D eigenvalue weighted by molar-refractivity contribution is 7.27. The molecule has 1 aromatic heterocycles. The lowest BCUT2D eigenvalue weighted by Crippen LogP contribution is -1.88. The molecule has 0 amide bonds. The maximum absolute atomic E-state index is 4.27. The van der Waals surface area contributed by atoms with E-state index in [4.69, 9.17) is 0 Å². The number of hydrogen-bond acceptors (Lipinski definition) is 1. The molecule has 1 aromatic carbocycles. The van der Waals surface area contributed by atoms with Gasteiger partial charge in [-0.3, -0.25) is 4.98 Å². The van der Waals surface area contributed by atoms with Gasteiger partial charge in [-0.1, -0.05) is 30.3 Å². The standard InChI is InChI=1S/C11H10NP/c13-10-6-4-9(5-7-10)11-3-1-2-8-12-11/h1-8H,13H2. The highest BCUT2D eigenvalue weighted by Gasteiger charge is 1.95. The third-order valence-electron chi connectivity index (χ3n) is 1.87. The summed E-state index contributed by atoms with van der Waals surface area (Å²) in [5.74, 6) is 0. The summed E-state index contributed by atoms with van der Waals surface area (Å²) >= 11 is 0. The minimum Gasteiger partial charge on any atom is -0.256 e. The van der Waals surface area contributed by atoms with E-state index in [1.54, 1.807) is 0 Å². The van der Waals surface area contributed by atoms with Crippen molar-refractivity contribution < 1.29 is 0 Å². The second-order valence-corrected chi connectivity index (χ2v) is 3.50. The molecule has 0 aliphatic rings. The molecule has 0 N–H and O–H groups in total. The summed E-state index contributed by atoms with van der Waals surface area (Å²) in [5.41, 5.74) is 2.18. The third kappa shape index (κ3) is 1.93. The van der Waals surface area contributed by atoms with Crippen molar-refractivity contribution in [3.05, 3.63) is 48.7 Å². The molecule has 0 aliphatic heterocycles. The van der Waals surface area contributed by atoms with E-state index in [0.29, 0.717) is 0 Å². The van der Waals surface area contributed by atoms with Gasteiger partial charge in [-0.2, -0.15) is 0 Å². The predicted octanol–water partition coefficient (Wildman–Crippen LogP) is 2.25. The van der Waals surface area contributed by atoms with Gasteiger partial charge >= 0.3 is 0 Å². The van der Waals surface area contributed by atoms with Crippen LogP contribution in [0.1, 0.15) is 0 Å². The van der Waals surface area contributed by atoms with Gasteiger partial charge in [-0.15, -0.1) is 9.24 Å². The van der Waals surface area contributed by atoms with Crippen molar-refractivity contribution in [3.63, 3.8) is 0 Å². The first-order valence-corrected chi connectivity index (χ1v) is 4.71. The molecule has 0 radical (unpaired) electrons. The van der Waals surface area contributed by atoms with Crippen LogP contribution < -0.4 is 5.30 Å². The second-order valence-electron chi connectivity index (χ2n) is 2.84. The molecular formula is C11H10NP. The Balaban J connectivity index is 2.42. The van der Waals surface area contributed by atoms with E-state index in [0.717, 1.165) is 11.3 Å². The fourth-order valence-corrected chi connectivity index (χ4v) is 1.38. The summed E-state index contributed by atoms with van der Waals surface area (Å²) in [5, 5.41) is 1.19. The molecule has 0 saturated carbocycles. The molecule has 2 rings (SSSR count). The molecule has 1 unspecified atom stereocenters. The first-order valence-electron chi connectivity index (χ1n) is 4.13. The van der Waals surface area contributed by atoms with E-state index in [-0.39, 0.29) is 0 Å². The number of hydrogen-bond donors (Lipinski definition) is 0. The first kappa shape index (κ1) is 8.40. The Labute approximate surface area is 80.0 Å². The SMILES string of the molecule is Pc1ccc(-c2ccccn2)cc1. The molecule has 0 aliphatic carbocycles. The molecule has 64 valence electrons. The van der Waals surface area contributed by atoms with Crippen LogP contribution in [0.4, 0.5) is 0 Å². The Hall–Kier alpha value is -1.20. The van der Waals surface area contributed by atoms with Gasteiger partial charge in [0.05, 0.1) is 5.69 Å². The normalized spacial score (nSPS) is 9.92. The van der Waals surface area contributed by atoms with E-state index in [9.17, 15) is 0 Å². The van der Waals surface area contributed by atoms with Gasteiger partial charge in [-0.25, -0.2) is 0 Å². The molecule has 0 saturated heterocycles. The Kier molecular flexibility index (Phi) is 2.37.